The number of rotatable bonds is 8. The van der Waals surface area contributed by atoms with Gasteiger partial charge in [0.2, 0.25) is 28.3 Å². The van der Waals surface area contributed by atoms with Crippen LogP contribution in [0.2, 0.25) is 0 Å². The van der Waals surface area contributed by atoms with Gasteiger partial charge in [-0.1, -0.05) is 37.1 Å². The maximum absolute atomic E-state index is 14.4. The molecule has 19 heteroatoms. The molecule has 5 aliphatic rings. The van der Waals surface area contributed by atoms with Crippen LogP contribution >= 0.6 is 11.3 Å². The normalized spacial score (nSPS) is 29.6. The van der Waals surface area contributed by atoms with Gasteiger partial charge in [0.05, 0.1) is 11.4 Å². The number of allylic oxidation sites excluding steroid dienone is 1. The number of amides is 3. The van der Waals surface area contributed by atoms with Crippen LogP contribution in [0.3, 0.4) is 0 Å². The van der Waals surface area contributed by atoms with Crippen LogP contribution in [0.1, 0.15) is 74.6 Å². The monoisotopic (exact) mass is 784 g/mol. The number of hydrogen-bond acceptors (Lipinski definition) is 11. The number of carbonyl (C=O) groups is 3. The van der Waals surface area contributed by atoms with Gasteiger partial charge < -0.3 is 25.4 Å². The molecule has 1 aromatic heterocycles. The molecule has 1 aromatic carbocycles. The Morgan fingerprint density at radius 2 is 1.94 bits per heavy atom. The van der Waals surface area contributed by atoms with Crippen LogP contribution in [-0.2, 0) is 48.4 Å². The molecule has 2 saturated carbocycles. The first-order valence-corrected chi connectivity index (χ1v) is 20.1. The fourth-order valence-corrected chi connectivity index (χ4v) is 9.44. The quantitative estimate of drug-likeness (QED) is 0.177. The second-order valence-corrected chi connectivity index (χ2v) is 17.2. The van der Waals surface area contributed by atoms with Gasteiger partial charge in [0.15, 0.2) is 10.8 Å². The van der Waals surface area contributed by atoms with E-state index in [1.54, 1.807) is 18.2 Å². The van der Waals surface area contributed by atoms with Crippen molar-refractivity contribution in [3.63, 3.8) is 0 Å². The van der Waals surface area contributed by atoms with E-state index in [2.05, 4.69) is 20.3 Å². The topological polar surface area (TPSA) is 170 Å². The van der Waals surface area contributed by atoms with Crippen LogP contribution in [0.5, 0.6) is 0 Å². The molecule has 13 nitrogen and oxygen atoms in total. The van der Waals surface area contributed by atoms with E-state index < -0.39 is 86.7 Å². The predicted octanol–water partition coefficient (Wildman–Crippen LogP) is 3.36. The first kappa shape index (κ1) is 37.7. The first-order chi connectivity index (χ1) is 25.1. The number of benzene rings is 1. The maximum atomic E-state index is 14.4. The third-order valence-electron chi connectivity index (χ3n) is 10.5. The lowest BCUT2D eigenvalue weighted by molar-refractivity contribution is -0.218. The van der Waals surface area contributed by atoms with Crippen LogP contribution in [0, 0.1) is 11.7 Å². The first-order valence-electron chi connectivity index (χ1n) is 17.6. The zero-order valence-electron chi connectivity index (χ0n) is 28.5. The van der Waals surface area contributed by atoms with E-state index in [4.69, 9.17) is 4.74 Å². The Morgan fingerprint density at radius 3 is 2.66 bits per heavy atom. The van der Waals surface area contributed by atoms with Crippen molar-refractivity contribution in [3.05, 3.63) is 58.4 Å². The number of hydrogen-bond donors (Lipinski definition) is 4. The van der Waals surface area contributed by atoms with Crippen LogP contribution in [0.15, 0.2) is 35.7 Å². The van der Waals surface area contributed by atoms with E-state index >= 15 is 0 Å². The minimum Gasteiger partial charge on any atom is -0.356 e. The minimum absolute atomic E-state index is 0.0540. The number of aliphatic hydroxyl groups is 1. The zero-order chi connectivity index (χ0) is 37.7. The maximum Gasteiger partial charge on any atom is 0.434 e. The molecule has 4 N–H and O–H groups in total. The summed E-state index contributed by atoms with van der Waals surface area (Å²) in [6.45, 7) is 0.0353. The number of fused-ring (bicyclic) bond motifs is 3. The third-order valence-corrected chi connectivity index (χ3v) is 13.1. The molecule has 1 unspecified atom stereocenters. The molecular formula is C34H40F4N6O7S2. The third kappa shape index (κ3) is 8.08. The molecule has 1 saturated heterocycles. The number of anilines is 1. The van der Waals surface area contributed by atoms with E-state index in [1.807, 2.05) is 6.08 Å². The summed E-state index contributed by atoms with van der Waals surface area (Å²) in [5, 5.41) is 16.7. The lowest BCUT2D eigenvalue weighted by atomic mass is 10.1. The van der Waals surface area contributed by atoms with Crippen LogP contribution in [-0.4, -0.2) is 88.0 Å². The molecule has 288 valence electrons. The summed E-state index contributed by atoms with van der Waals surface area (Å²) in [5.74, 6) is -3.19. The summed E-state index contributed by atoms with van der Waals surface area (Å²) in [4.78, 5) is 48.5. The standard InChI is InChI=1S/C34H40F4N6O7S2/c35-24-9-6-7-19-15-43(17-23(19)24)32(48)51-21-13-26-28(45)41-33(30(47)42-53(49,50)22-11-12-22)14-20(33)8-4-2-1-3-5-10-25(29(46)44(26)16-21)39-31-40-27(18-52-31)34(36,37)38/h4,6-9,18,20-22,25-26,32,48H,1-3,5,10-17H2,(H,39,40)(H,41,45)(H,42,47)/b8-4-/t20-,21+,25+,26+,32?,33-/m1/s1. The van der Waals surface area contributed by atoms with E-state index in [0.717, 1.165) is 5.38 Å². The molecule has 0 spiro atoms. The number of halogens is 4. The number of alkyl halides is 3. The van der Waals surface area contributed by atoms with Gasteiger partial charge in [-0.25, -0.2) is 22.7 Å². The Labute approximate surface area is 307 Å². The molecule has 0 bridgehead atoms. The molecule has 53 heavy (non-hydrogen) atoms. The Kier molecular flexibility index (Phi) is 10.3. The van der Waals surface area contributed by atoms with Crippen molar-refractivity contribution in [2.45, 2.75) is 112 Å². The highest BCUT2D eigenvalue weighted by atomic mass is 32.2. The molecule has 2 aliphatic carbocycles. The average molecular weight is 785 g/mol. The van der Waals surface area contributed by atoms with Gasteiger partial charge in [-0.15, -0.1) is 11.3 Å². The second-order valence-electron chi connectivity index (χ2n) is 14.4. The van der Waals surface area contributed by atoms with Crippen molar-refractivity contribution in [1.82, 2.24) is 24.8 Å². The fourth-order valence-electron chi connectivity index (χ4n) is 7.30. The highest BCUT2D eigenvalue weighted by molar-refractivity contribution is 7.91. The van der Waals surface area contributed by atoms with Gasteiger partial charge in [-0.05, 0) is 50.2 Å². The minimum atomic E-state index is -4.69. The van der Waals surface area contributed by atoms with Gasteiger partial charge in [-0.2, -0.15) is 13.2 Å². The molecule has 0 radical (unpaired) electrons. The van der Waals surface area contributed by atoms with Gasteiger partial charge in [0.25, 0.3) is 5.91 Å². The molecule has 4 heterocycles. The Hall–Kier alpha value is -3.65. The number of nitrogens with zero attached hydrogens (tertiary/aromatic N) is 3. The van der Waals surface area contributed by atoms with Crippen molar-refractivity contribution >= 4 is 44.2 Å². The lowest BCUT2D eigenvalue weighted by Crippen LogP contribution is -2.57. The highest BCUT2D eigenvalue weighted by Gasteiger charge is 2.62. The van der Waals surface area contributed by atoms with Crippen molar-refractivity contribution in [2.75, 3.05) is 11.9 Å². The molecule has 3 fully saturated rings. The van der Waals surface area contributed by atoms with E-state index in [9.17, 15) is 45.5 Å². The van der Waals surface area contributed by atoms with Crippen LogP contribution in [0.4, 0.5) is 22.7 Å². The van der Waals surface area contributed by atoms with E-state index in [1.165, 1.54) is 15.9 Å². The number of aliphatic hydroxyl groups excluding tert-OH is 1. The molecule has 2 aromatic rings. The Bertz CT molecular complexity index is 1890. The second kappa shape index (κ2) is 14.5. The number of sulfonamides is 1. The largest absolute Gasteiger partial charge is 0.434 e. The van der Waals surface area contributed by atoms with Crippen molar-refractivity contribution in [2.24, 2.45) is 5.92 Å². The molecule has 7 rings (SSSR count). The SMILES string of the molecule is O=C1N[C@]2(C(=O)NS(=O)(=O)C3CC3)C[C@H]2/C=C\CCCCC[C@H](Nc2nc(C(F)(F)F)cs2)C(=O)N2C[C@@H](OC(O)N3Cc4cccc(F)c4C3)C[C@@H]12. The van der Waals surface area contributed by atoms with Gasteiger partial charge in [0.1, 0.15) is 23.4 Å². The summed E-state index contributed by atoms with van der Waals surface area (Å²) in [6, 6.07) is 2.26. The Morgan fingerprint density at radius 1 is 1.15 bits per heavy atom. The summed E-state index contributed by atoms with van der Waals surface area (Å²) in [7, 11) is -3.95. The Balaban J connectivity index is 1.15. The zero-order valence-corrected chi connectivity index (χ0v) is 30.1. The van der Waals surface area contributed by atoms with Crippen molar-refractivity contribution in [1.29, 1.82) is 0 Å². The molecule has 6 atom stereocenters. The van der Waals surface area contributed by atoms with Crippen LogP contribution < -0.4 is 15.4 Å². The van der Waals surface area contributed by atoms with Crippen molar-refractivity contribution < 1.29 is 50.2 Å². The van der Waals surface area contributed by atoms with Gasteiger partial charge in [0, 0.05) is 42.9 Å². The number of aromatic nitrogens is 1. The van der Waals surface area contributed by atoms with Crippen LogP contribution in [0.25, 0.3) is 0 Å². The molecular weight excluding hydrogens is 745 g/mol. The number of nitrogens with one attached hydrogen (secondary N) is 3. The van der Waals surface area contributed by atoms with E-state index in [-0.39, 0.29) is 44.0 Å². The summed E-state index contributed by atoms with van der Waals surface area (Å²) >= 11 is 0.689. The molecule has 3 aliphatic heterocycles. The van der Waals surface area contributed by atoms with Gasteiger partial charge >= 0.3 is 6.18 Å². The smallest absolute Gasteiger partial charge is 0.356 e. The predicted molar refractivity (Wildman–Crippen MR) is 182 cm³/mol. The van der Waals surface area contributed by atoms with Gasteiger partial charge in [-0.3, -0.25) is 19.1 Å². The summed E-state index contributed by atoms with van der Waals surface area (Å²) < 4.78 is 88.1. The average Bonchev–Trinajstić information content (AvgIpc) is 3.88. The van der Waals surface area contributed by atoms with E-state index in [0.29, 0.717) is 61.0 Å². The number of ether oxygens (including phenoxy) is 1. The number of thiazole rings is 1. The number of carbonyl (C=O) groups excluding carboxylic acids is 3. The fraction of sp³-hybridized carbons (Fsp3) is 0.588. The molecule has 3 amide bonds. The van der Waals surface area contributed by atoms with Crippen molar-refractivity contribution in [3.8, 4) is 0 Å². The summed E-state index contributed by atoms with van der Waals surface area (Å²) in [5.41, 5.74) is -1.63. The summed E-state index contributed by atoms with van der Waals surface area (Å²) in [6.07, 6.45) is 0.00870. The highest BCUT2D eigenvalue weighted by Crippen LogP contribution is 2.46. The lowest BCUT2D eigenvalue weighted by Gasteiger charge is -2.30.